The number of primary amides is 1. The molecule has 4 nitrogen and oxygen atoms in total. The van der Waals surface area contributed by atoms with E-state index in [0.717, 1.165) is 11.3 Å². The van der Waals surface area contributed by atoms with Crippen LogP contribution in [0.1, 0.15) is 5.56 Å². The second kappa shape index (κ2) is 6.25. The number of nitrogens with two attached hydrogens (primary N) is 1. The molecule has 0 atom stereocenters. The zero-order chi connectivity index (χ0) is 14.5. The van der Waals surface area contributed by atoms with Crippen LogP contribution in [0, 0.1) is 5.82 Å². The van der Waals surface area contributed by atoms with Gasteiger partial charge in [0.15, 0.2) is 0 Å². The number of urea groups is 1. The van der Waals surface area contributed by atoms with Crippen LogP contribution in [0.15, 0.2) is 42.5 Å². The Bertz CT molecular complexity index is 596. The fraction of sp³-hybridized carbons (Fsp3) is 0.0714. The van der Waals surface area contributed by atoms with Gasteiger partial charge in [-0.15, -0.1) is 0 Å². The maximum absolute atomic E-state index is 13.2. The molecule has 2 rings (SSSR count). The third-order valence-electron chi connectivity index (χ3n) is 2.57. The minimum absolute atomic E-state index is 0.364. The molecule has 0 aromatic heterocycles. The summed E-state index contributed by atoms with van der Waals surface area (Å²) >= 11 is 5.78. The average Bonchev–Trinajstić information content (AvgIpc) is 2.36. The van der Waals surface area contributed by atoms with Crippen molar-refractivity contribution in [2.75, 3.05) is 10.6 Å². The summed E-state index contributed by atoms with van der Waals surface area (Å²) < 4.78 is 13.2. The predicted molar refractivity (Wildman–Crippen MR) is 78.4 cm³/mol. The van der Waals surface area contributed by atoms with Crippen molar-refractivity contribution >= 4 is 29.0 Å². The summed E-state index contributed by atoms with van der Waals surface area (Å²) in [7, 11) is 0. The lowest BCUT2D eigenvalue weighted by Crippen LogP contribution is -2.19. The number of anilines is 2. The molecule has 0 unspecified atom stereocenters. The normalized spacial score (nSPS) is 10.1. The van der Waals surface area contributed by atoms with E-state index >= 15 is 0 Å². The number of rotatable bonds is 4. The Balaban J connectivity index is 1.98. The summed E-state index contributed by atoms with van der Waals surface area (Å²) in [6.07, 6.45) is 0. The third-order valence-corrected chi connectivity index (χ3v) is 2.79. The molecule has 0 aliphatic rings. The summed E-state index contributed by atoms with van der Waals surface area (Å²) in [4.78, 5) is 10.7. The zero-order valence-electron chi connectivity index (χ0n) is 10.5. The van der Waals surface area contributed by atoms with Crippen molar-refractivity contribution in [2.45, 2.75) is 6.54 Å². The van der Waals surface area contributed by atoms with E-state index in [4.69, 9.17) is 17.3 Å². The first-order valence-corrected chi connectivity index (χ1v) is 6.26. The second-order valence-electron chi connectivity index (χ2n) is 4.20. The van der Waals surface area contributed by atoms with Gasteiger partial charge >= 0.3 is 6.03 Å². The predicted octanol–water partition coefficient (Wildman–Crippen LogP) is 3.58. The molecule has 4 N–H and O–H groups in total. The van der Waals surface area contributed by atoms with Crippen molar-refractivity contribution in [1.82, 2.24) is 0 Å². The molecular weight excluding hydrogens is 281 g/mol. The molecule has 0 bridgehead atoms. The molecule has 104 valence electrons. The summed E-state index contributed by atoms with van der Waals surface area (Å²) in [5.41, 5.74) is 7.20. The topological polar surface area (TPSA) is 67.2 Å². The number of nitrogens with one attached hydrogen (secondary N) is 2. The Kier molecular flexibility index (Phi) is 4.42. The summed E-state index contributed by atoms with van der Waals surface area (Å²) in [5, 5.41) is 5.96. The number of halogens is 2. The first kappa shape index (κ1) is 14.1. The molecule has 0 radical (unpaired) electrons. The van der Waals surface area contributed by atoms with Crippen LogP contribution in [-0.4, -0.2) is 6.03 Å². The second-order valence-corrected chi connectivity index (χ2v) is 4.63. The fourth-order valence-corrected chi connectivity index (χ4v) is 1.98. The van der Waals surface area contributed by atoms with Gasteiger partial charge in [0.05, 0.1) is 0 Å². The van der Waals surface area contributed by atoms with E-state index in [1.165, 1.54) is 12.1 Å². The minimum Gasteiger partial charge on any atom is -0.381 e. The van der Waals surface area contributed by atoms with Crippen molar-refractivity contribution in [2.24, 2.45) is 5.73 Å². The molecule has 2 aromatic rings. The van der Waals surface area contributed by atoms with Crippen LogP contribution in [0.3, 0.4) is 0 Å². The molecular formula is C14H13ClFN3O. The molecule has 0 saturated carbocycles. The average molecular weight is 294 g/mol. The van der Waals surface area contributed by atoms with Crippen LogP contribution < -0.4 is 16.4 Å². The van der Waals surface area contributed by atoms with E-state index in [9.17, 15) is 9.18 Å². The molecule has 0 aliphatic carbocycles. The van der Waals surface area contributed by atoms with Gasteiger partial charge in [0, 0.05) is 22.9 Å². The van der Waals surface area contributed by atoms with E-state index < -0.39 is 6.03 Å². The van der Waals surface area contributed by atoms with Gasteiger partial charge in [-0.2, -0.15) is 0 Å². The van der Waals surface area contributed by atoms with Gasteiger partial charge in [0.2, 0.25) is 0 Å². The summed E-state index contributed by atoms with van der Waals surface area (Å²) in [6.45, 7) is 0.445. The molecule has 0 aliphatic heterocycles. The Labute approximate surface area is 120 Å². The van der Waals surface area contributed by atoms with Gasteiger partial charge in [-0.05, 0) is 48.0 Å². The van der Waals surface area contributed by atoms with Gasteiger partial charge < -0.3 is 16.4 Å². The van der Waals surface area contributed by atoms with Gasteiger partial charge in [0.25, 0.3) is 0 Å². The van der Waals surface area contributed by atoms with Gasteiger partial charge in [0.1, 0.15) is 5.82 Å². The number of carbonyl (C=O) groups excluding carboxylic acids is 1. The van der Waals surface area contributed by atoms with Crippen molar-refractivity contribution in [3.63, 3.8) is 0 Å². The quantitative estimate of drug-likeness (QED) is 0.806. The number of carbonyl (C=O) groups is 1. The lowest BCUT2D eigenvalue weighted by atomic mass is 10.2. The van der Waals surface area contributed by atoms with Crippen LogP contribution in [0.5, 0.6) is 0 Å². The number of amides is 2. The molecule has 0 heterocycles. The van der Waals surface area contributed by atoms with Crippen LogP contribution in [0.2, 0.25) is 5.02 Å². The summed E-state index contributed by atoms with van der Waals surface area (Å²) in [5.74, 6) is -0.365. The highest BCUT2D eigenvalue weighted by atomic mass is 35.5. The Hall–Kier alpha value is -2.27. The smallest absolute Gasteiger partial charge is 0.316 e. The standard InChI is InChI=1S/C14H13ClFN3O/c15-10-5-9(6-11(16)7-10)8-18-12-1-3-13(4-2-12)19-14(17)20/h1-7,18H,8H2,(H3,17,19,20). The maximum atomic E-state index is 13.2. The SMILES string of the molecule is NC(=O)Nc1ccc(NCc2cc(F)cc(Cl)c2)cc1. The van der Waals surface area contributed by atoms with Crippen molar-refractivity contribution in [3.05, 3.63) is 58.9 Å². The molecule has 2 amide bonds. The number of hydrogen-bond acceptors (Lipinski definition) is 2. The van der Waals surface area contributed by atoms with E-state index in [2.05, 4.69) is 10.6 Å². The zero-order valence-corrected chi connectivity index (χ0v) is 11.2. The molecule has 6 heteroatoms. The van der Waals surface area contributed by atoms with Crippen molar-refractivity contribution in [3.8, 4) is 0 Å². The van der Waals surface area contributed by atoms with Gasteiger partial charge in [-0.1, -0.05) is 11.6 Å². The van der Waals surface area contributed by atoms with E-state index in [1.54, 1.807) is 30.3 Å². The number of benzene rings is 2. The van der Waals surface area contributed by atoms with E-state index in [1.807, 2.05) is 0 Å². The van der Waals surface area contributed by atoms with Gasteiger partial charge in [-0.25, -0.2) is 9.18 Å². The maximum Gasteiger partial charge on any atom is 0.316 e. The lowest BCUT2D eigenvalue weighted by Gasteiger charge is -2.08. The molecule has 0 fully saturated rings. The highest BCUT2D eigenvalue weighted by molar-refractivity contribution is 6.30. The number of hydrogen-bond donors (Lipinski definition) is 3. The molecule has 2 aromatic carbocycles. The van der Waals surface area contributed by atoms with Crippen LogP contribution in [0.4, 0.5) is 20.6 Å². The Morgan fingerprint density at radius 1 is 1.15 bits per heavy atom. The van der Waals surface area contributed by atoms with Crippen molar-refractivity contribution in [1.29, 1.82) is 0 Å². The van der Waals surface area contributed by atoms with Crippen LogP contribution >= 0.6 is 11.6 Å². The molecule has 0 saturated heterocycles. The Morgan fingerprint density at radius 3 is 2.40 bits per heavy atom. The minimum atomic E-state index is -0.611. The van der Waals surface area contributed by atoms with E-state index in [0.29, 0.717) is 17.3 Å². The lowest BCUT2D eigenvalue weighted by molar-refractivity contribution is 0.259. The van der Waals surface area contributed by atoms with Crippen molar-refractivity contribution < 1.29 is 9.18 Å². The largest absolute Gasteiger partial charge is 0.381 e. The highest BCUT2D eigenvalue weighted by Gasteiger charge is 2.00. The Morgan fingerprint density at radius 2 is 1.80 bits per heavy atom. The monoisotopic (exact) mass is 293 g/mol. The molecule has 20 heavy (non-hydrogen) atoms. The molecule has 0 spiro atoms. The fourth-order valence-electron chi connectivity index (χ4n) is 1.73. The van der Waals surface area contributed by atoms with Gasteiger partial charge in [-0.3, -0.25) is 0 Å². The van der Waals surface area contributed by atoms with Crippen LogP contribution in [0.25, 0.3) is 0 Å². The summed E-state index contributed by atoms with van der Waals surface area (Å²) in [6, 6.07) is 10.8. The highest BCUT2D eigenvalue weighted by Crippen LogP contribution is 2.17. The first-order chi connectivity index (χ1) is 9.52. The first-order valence-electron chi connectivity index (χ1n) is 5.88. The van der Waals surface area contributed by atoms with E-state index in [-0.39, 0.29) is 5.82 Å². The van der Waals surface area contributed by atoms with Crippen LogP contribution in [-0.2, 0) is 6.54 Å². The third kappa shape index (κ3) is 4.13.